The zero-order valence-corrected chi connectivity index (χ0v) is 7.18. The van der Waals surface area contributed by atoms with Crippen LogP contribution in [-0.2, 0) is 13.9 Å². The van der Waals surface area contributed by atoms with E-state index >= 15 is 0 Å². The molecule has 0 rings (SSSR count). The van der Waals surface area contributed by atoms with Gasteiger partial charge < -0.3 is 14.0 Å². The van der Waals surface area contributed by atoms with Gasteiger partial charge in [0.25, 0.3) is 0 Å². The van der Waals surface area contributed by atoms with E-state index in [4.69, 9.17) is 0 Å². The minimum Gasteiger partial charge on any atom is -0.773 e. The molecule has 0 aromatic carbocycles. The average Bonchev–Trinajstić information content (AvgIpc) is 1.86. The van der Waals surface area contributed by atoms with Gasteiger partial charge >= 0.3 is 18.9 Å². The Balaban J connectivity index is 0. The molecule has 0 amide bonds. The van der Waals surface area contributed by atoms with E-state index in [1.165, 1.54) is 6.92 Å². The Hall–Kier alpha value is 0.417. The van der Waals surface area contributed by atoms with Gasteiger partial charge in [-0.1, -0.05) is 6.92 Å². The maximum Gasteiger partial charge on any atom is 1.00 e. The van der Waals surface area contributed by atoms with E-state index in [2.05, 4.69) is 4.52 Å². The third-order valence-corrected chi connectivity index (χ3v) is 2.26. The summed E-state index contributed by atoms with van der Waals surface area (Å²) in [5, 5.41) is 0. The van der Waals surface area contributed by atoms with Crippen LogP contribution in [0.2, 0.25) is 0 Å². The van der Waals surface area contributed by atoms with Crippen molar-refractivity contribution in [1.29, 1.82) is 0 Å². The Labute approximate surface area is 71.7 Å². The zero-order chi connectivity index (χ0) is 7.49. The Morgan fingerprint density at radius 1 is 1.70 bits per heavy atom. The molecule has 1 unspecified atom stereocenters. The summed E-state index contributed by atoms with van der Waals surface area (Å²) in [6.07, 6.45) is -0.0331. The van der Waals surface area contributed by atoms with Crippen LogP contribution in [0.25, 0.3) is 0 Å². The van der Waals surface area contributed by atoms with Gasteiger partial charge in [-0.25, -0.2) is 0 Å². The van der Waals surface area contributed by atoms with Crippen LogP contribution in [0.3, 0.4) is 0 Å². The molecule has 0 aromatic heterocycles. The molecule has 0 aliphatic heterocycles. The largest absolute Gasteiger partial charge is 1.00 e. The number of hydrogen-bond acceptors (Lipinski definition) is 4. The normalized spacial score (nSPS) is 15.1. The molecule has 0 N–H and O–H groups in total. The number of rotatable bonds is 3. The molecule has 54 valence electrons. The van der Waals surface area contributed by atoms with Crippen molar-refractivity contribution in [2.45, 2.75) is 13.3 Å². The van der Waals surface area contributed by atoms with Gasteiger partial charge in [0.1, 0.15) is 0 Å². The van der Waals surface area contributed by atoms with E-state index in [9.17, 15) is 14.3 Å². The molecule has 10 heavy (non-hydrogen) atoms. The molecule has 0 saturated carbocycles. The van der Waals surface area contributed by atoms with Crippen LogP contribution in [0.5, 0.6) is 0 Å². The third kappa shape index (κ3) is 3.55. The molecule has 0 aliphatic carbocycles. The van der Waals surface area contributed by atoms with Gasteiger partial charge in [0.2, 0.25) is 5.52 Å². The van der Waals surface area contributed by atoms with Crippen LogP contribution < -0.4 is 23.8 Å². The molecule has 0 saturated heterocycles. The van der Waals surface area contributed by atoms with Gasteiger partial charge in [-0.2, -0.15) is 0 Å². The monoisotopic (exact) mass is 158 g/mol. The Morgan fingerprint density at radius 2 is 2.10 bits per heavy atom. The predicted octanol–water partition coefficient (Wildman–Crippen LogP) is -2.87. The predicted molar refractivity (Wildman–Crippen MR) is 29.9 cm³/mol. The van der Waals surface area contributed by atoms with Crippen molar-refractivity contribution in [3.8, 4) is 0 Å². The van der Waals surface area contributed by atoms with E-state index in [0.717, 1.165) is 7.11 Å². The summed E-state index contributed by atoms with van der Waals surface area (Å²) in [6, 6.07) is 0. The van der Waals surface area contributed by atoms with Crippen LogP contribution in [0.4, 0.5) is 0 Å². The van der Waals surface area contributed by atoms with Crippen LogP contribution >= 0.6 is 7.60 Å². The van der Waals surface area contributed by atoms with Gasteiger partial charge in [0, 0.05) is 13.5 Å². The second kappa shape index (κ2) is 5.12. The summed E-state index contributed by atoms with van der Waals surface area (Å²) in [7, 11) is -3.18. The number of hydrogen-bond donors (Lipinski definition) is 0. The molecule has 6 heteroatoms. The fraction of sp³-hybridized carbons (Fsp3) is 0.750. The van der Waals surface area contributed by atoms with Gasteiger partial charge in [-0.3, -0.25) is 4.79 Å². The molecule has 0 aromatic rings. The van der Waals surface area contributed by atoms with E-state index in [-0.39, 0.29) is 25.3 Å². The minimum atomic E-state index is -4.15. The topological polar surface area (TPSA) is 66.4 Å². The molecule has 4 nitrogen and oxygen atoms in total. The summed E-state index contributed by atoms with van der Waals surface area (Å²) in [4.78, 5) is 20.8. The summed E-state index contributed by atoms with van der Waals surface area (Å²) >= 11 is 0. The molecule has 0 spiro atoms. The van der Waals surface area contributed by atoms with Crippen molar-refractivity contribution in [1.82, 2.24) is 0 Å². The van der Waals surface area contributed by atoms with Crippen molar-refractivity contribution in [2.75, 3.05) is 7.11 Å². The maximum atomic E-state index is 10.4. The van der Waals surface area contributed by atoms with E-state index < -0.39 is 13.1 Å². The number of carbonyl (C=O) groups is 1. The first-order valence-electron chi connectivity index (χ1n) is 2.44. The SMILES string of the molecule is CCC(=O)P(=O)([O-])OC.[Li+]. The van der Waals surface area contributed by atoms with Crippen molar-refractivity contribution in [3.05, 3.63) is 0 Å². The van der Waals surface area contributed by atoms with Crippen molar-refractivity contribution >= 4 is 13.1 Å². The first-order chi connectivity index (χ1) is 4.04. The first kappa shape index (κ1) is 13.0. The summed E-state index contributed by atoms with van der Waals surface area (Å²) < 4.78 is 14.3. The summed E-state index contributed by atoms with van der Waals surface area (Å²) in [5.41, 5.74) is -0.856. The number of carbonyl (C=O) groups excluding carboxylic acids is 1. The van der Waals surface area contributed by atoms with Crippen LogP contribution in [0.15, 0.2) is 0 Å². The average molecular weight is 158 g/mol. The Kier molecular flexibility index (Phi) is 6.67. The molecule has 1 atom stereocenters. The zero-order valence-electron chi connectivity index (χ0n) is 6.29. The molecule has 0 bridgehead atoms. The molecular weight excluding hydrogens is 150 g/mol. The van der Waals surface area contributed by atoms with Crippen LogP contribution in [0, 0.1) is 0 Å². The van der Waals surface area contributed by atoms with E-state index in [1.807, 2.05) is 0 Å². The molecule has 0 aliphatic rings. The van der Waals surface area contributed by atoms with Crippen molar-refractivity contribution in [2.24, 2.45) is 0 Å². The molecular formula is C4H8LiO4P. The van der Waals surface area contributed by atoms with E-state index in [1.54, 1.807) is 0 Å². The fourth-order valence-electron chi connectivity index (χ4n) is 0.295. The third-order valence-electron chi connectivity index (χ3n) is 0.848. The van der Waals surface area contributed by atoms with Crippen molar-refractivity contribution < 1.29 is 37.6 Å². The fourth-order valence-corrected chi connectivity index (χ4v) is 0.886. The standard InChI is InChI=1S/C4H9O4P.Li/c1-3-4(5)9(6,7)8-2;/h3H2,1-2H3,(H,6,7);/q;+1/p-1. The maximum absolute atomic E-state index is 10.4. The molecule has 0 heterocycles. The molecule has 0 radical (unpaired) electrons. The minimum absolute atomic E-state index is 0. The second-order valence-electron chi connectivity index (χ2n) is 1.43. The van der Waals surface area contributed by atoms with Gasteiger partial charge in [-0.15, -0.1) is 0 Å². The van der Waals surface area contributed by atoms with Gasteiger partial charge in [0.15, 0.2) is 7.60 Å². The van der Waals surface area contributed by atoms with E-state index in [0.29, 0.717) is 0 Å². The second-order valence-corrected chi connectivity index (χ2v) is 3.29. The van der Waals surface area contributed by atoms with Gasteiger partial charge in [0.05, 0.1) is 0 Å². The smallest absolute Gasteiger partial charge is 0.773 e. The van der Waals surface area contributed by atoms with Crippen LogP contribution in [-0.4, -0.2) is 12.6 Å². The Morgan fingerprint density at radius 3 is 2.20 bits per heavy atom. The molecule has 0 fully saturated rings. The van der Waals surface area contributed by atoms with Crippen molar-refractivity contribution in [3.63, 3.8) is 0 Å². The summed E-state index contributed by atoms with van der Waals surface area (Å²) in [6.45, 7) is 1.46. The Bertz CT molecular complexity index is 157. The van der Waals surface area contributed by atoms with Gasteiger partial charge in [-0.05, 0) is 0 Å². The quantitative estimate of drug-likeness (QED) is 0.327. The van der Waals surface area contributed by atoms with Crippen LogP contribution in [0.1, 0.15) is 13.3 Å². The summed E-state index contributed by atoms with van der Waals surface area (Å²) in [5.74, 6) is 0. The first-order valence-corrected chi connectivity index (χ1v) is 3.99.